The Kier molecular flexibility index (Phi) is 5.68. The van der Waals surface area contributed by atoms with Crippen LogP contribution in [-0.2, 0) is 11.2 Å². The molecule has 0 bridgehead atoms. The van der Waals surface area contributed by atoms with Crippen molar-refractivity contribution in [2.24, 2.45) is 5.92 Å². The van der Waals surface area contributed by atoms with Gasteiger partial charge in [-0.2, -0.15) is 11.3 Å². The number of rotatable bonds is 7. The Balaban J connectivity index is 1.49. The van der Waals surface area contributed by atoms with Gasteiger partial charge in [-0.3, -0.25) is 4.79 Å². The average Bonchev–Trinajstić information content (AvgIpc) is 3.28. The van der Waals surface area contributed by atoms with Crippen molar-refractivity contribution < 1.29 is 9.21 Å². The molecule has 1 fully saturated rings. The van der Waals surface area contributed by atoms with Crippen LogP contribution in [0, 0.1) is 12.8 Å². The number of aryl methyl sites for hydroxylation is 1. The maximum absolute atomic E-state index is 12.2. The molecule has 5 nitrogen and oxygen atoms in total. The maximum Gasteiger partial charge on any atom is 0.227 e. The van der Waals surface area contributed by atoms with Gasteiger partial charge in [0.1, 0.15) is 5.76 Å². The van der Waals surface area contributed by atoms with Gasteiger partial charge in [-0.1, -0.05) is 6.92 Å². The fourth-order valence-corrected chi connectivity index (χ4v) is 3.80. The molecular weight excluding hydrogens is 322 g/mol. The number of nitrogens with one attached hydrogen (secondary N) is 1. The molecule has 1 amide bonds. The van der Waals surface area contributed by atoms with E-state index in [2.05, 4.69) is 22.1 Å². The second-order valence-corrected chi connectivity index (χ2v) is 7.25. The molecule has 0 saturated carbocycles. The number of aromatic nitrogens is 1. The zero-order chi connectivity index (χ0) is 16.9. The lowest BCUT2D eigenvalue weighted by Gasteiger charge is -2.14. The number of amides is 1. The van der Waals surface area contributed by atoms with Crippen LogP contribution in [0.15, 0.2) is 21.2 Å². The summed E-state index contributed by atoms with van der Waals surface area (Å²) in [7, 11) is 0. The van der Waals surface area contributed by atoms with E-state index < -0.39 is 0 Å². The van der Waals surface area contributed by atoms with E-state index in [0.29, 0.717) is 11.8 Å². The monoisotopic (exact) mass is 347 g/mol. The molecule has 2 aromatic rings. The third-order valence-electron chi connectivity index (χ3n) is 4.49. The Morgan fingerprint density at radius 3 is 3.17 bits per heavy atom. The Morgan fingerprint density at radius 1 is 1.54 bits per heavy atom. The van der Waals surface area contributed by atoms with Gasteiger partial charge in [0.25, 0.3) is 0 Å². The van der Waals surface area contributed by atoms with Gasteiger partial charge in [-0.15, -0.1) is 0 Å². The summed E-state index contributed by atoms with van der Waals surface area (Å²) in [5.41, 5.74) is 1.70. The molecule has 1 N–H and O–H groups in total. The first-order valence-electron chi connectivity index (χ1n) is 8.63. The quantitative estimate of drug-likeness (QED) is 0.836. The highest BCUT2D eigenvalue weighted by Crippen LogP contribution is 2.24. The fourth-order valence-electron chi connectivity index (χ4n) is 3.17. The highest BCUT2D eigenvalue weighted by molar-refractivity contribution is 7.08. The summed E-state index contributed by atoms with van der Waals surface area (Å²) < 4.78 is 5.69. The highest BCUT2D eigenvalue weighted by atomic mass is 32.1. The molecule has 3 heterocycles. The average molecular weight is 347 g/mol. The van der Waals surface area contributed by atoms with Crippen molar-refractivity contribution in [3.05, 3.63) is 28.3 Å². The summed E-state index contributed by atoms with van der Waals surface area (Å²) in [6, 6.07) is 1.97. The first-order valence-corrected chi connectivity index (χ1v) is 9.58. The van der Waals surface area contributed by atoms with E-state index in [1.165, 1.54) is 12.8 Å². The van der Waals surface area contributed by atoms with E-state index in [0.717, 1.165) is 43.2 Å². The summed E-state index contributed by atoms with van der Waals surface area (Å²) in [4.78, 5) is 19.2. The van der Waals surface area contributed by atoms with Crippen molar-refractivity contribution >= 4 is 17.2 Å². The largest absolute Gasteiger partial charge is 0.441 e. The van der Waals surface area contributed by atoms with Crippen LogP contribution < -0.4 is 5.32 Å². The Labute approximate surface area is 147 Å². The molecule has 1 unspecified atom stereocenters. The van der Waals surface area contributed by atoms with Gasteiger partial charge in [0.15, 0.2) is 0 Å². The second-order valence-electron chi connectivity index (χ2n) is 6.47. The number of carbonyl (C=O) groups excluding carboxylic acids is 1. The number of hydrogen-bond acceptors (Lipinski definition) is 5. The fraction of sp³-hybridized carbons (Fsp3) is 0.556. The third-order valence-corrected chi connectivity index (χ3v) is 5.17. The molecule has 24 heavy (non-hydrogen) atoms. The van der Waals surface area contributed by atoms with Gasteiger partial charge in [0.05, 0.1) is 12.1 Å². The SMILES string of the molecule is CCCN1CCC(CNC(=O)Cc2nc(-c3ccsc3)oc2C)C1. The van der Waals surface area contributed by atoms with Gasteiger partial charge >= 0.3 is 0 Å². The first kappa shape index (κ1) is 17.2. The number of likely N-dealkylation sites (tertiary alicyclic amines) is 1. The molecule has 1 atom stereocenters. The summed E-state index contributed by atoms with van der Waals surface area (Å²) in [6.07, 6.45) is 2.65. The molecule has 0 radical (unpaired) electrons. The molecule has 130 valence electrons. The molecular formula is C18H25N3O2S. The van der Waals surface area contributed by atoms with Gasteiger partial charge in [0.2, 0.25) is 11.8 Å². The molecule has 1 aliphatic rings. The summed E-state index contributed by atoms with van der Waals surface area (Å²) in [5, 5.41) is 7.05. The van der Waals surface area contributed by atoms with E-state index in [1.807, 2.05) is 23.8 Å². The standard InChI is InChI=1S/C18H25N3O2S/c1-3-6-21-7-4-14(11-21)10-19-17(22)9-16-13(2)23-18(20-16)15-5-8-24-12-15/h5,8,12,14H,3-4,6-7,9-11H2,1-2H3,(H,19,22). The van der Waals surface area contributed by atoms with Crippen LogP contribution in [0.4, 0.5) is 0 Å². The minimum Gasteiger partial charge on any atom is -0.441 e. The predicted molar refractivity (Wildman–Crippen MR) is 96.1 cm³/mol. The van der Waals surface area contributed by atoms with Crippen LogP contribution in [-0.4, -0.2) is 42.0 Å². The lowest BCUT2D eigenvalue weighted by atomic mass is 10.1. The normalized spacial score (nSPS) is 18.2. The van der Waals surface area contributed by atoms with Crippen molar-refractivity contribution in [3.8, 4) is 11.5 Å². The van der Waals surface area contributed by atoms with E-state index in [9.17, 15) is 4.79 Å². The topological polar surface area (TPSA) is 58.4 Å². The number of carbonyl (C=O) groups is 1. The molecule has 2 aromatic heterocycles. The van der Waals surface area contributed by atoms with Crippen LogP contribution >= 0.6 is 11.3 Å². The van der Waals surface area contributed by atoms with E-state index in [4.69, 9.17) is 4.42 Å². The predicted octanol–water partition coefficient (Wildman–Crippen LogP) is 3.10. The van der Waals surface area contributed by atoms with Gasteiger partial charge < -0.3 is 14.6 Å². The number of oxazole rings is 1. The van der Waals surface area contributed by atoms with Crippen molar-refractivity contribution in [1.82, 2.24) is 15.2 Å². The van der Waals surface area contributed by atoms with Crippen LogP contribution in [0.25, 0.3) is 11.5 Å². The van der Waals surface area contributed by atoms with Crippen molar-refractivity contribution in [2.75, 3.05) is 26.2 Å². The van der Waals surface area contributed by atoms with Crippen LogP contribution in [0.5, 0.6) is 0 Å². The van der Waals surface area contributed by atoms with Crippen LogP contribution in [0.1, 0.15) is 31.2 Å². The smallest absolute Gasteiger partial charge is 0.227 e. The van der Waals surface area contributed by atoms with Gasteiger partial charge in [-0.25, -0.2) is 4.98 Å². The number of nitrogens with zero attached hydrogens (tertiary/aromatic N) is 2. The number of thiophene rings is 1. The van der Waals surface area contributed by atoms with Gasteiger partial charge in [0, 0.05) is 24.0 Å². The maximum atomic E-state index is 12.2. The van der Waals surface area contributed by atoms with E-state index in [-0.39, 0.29) is 12.3 Å². The van der Waals surface area contributed by atoms with E-state index in [1.54, 1.807) is 11.3 Å². The zero-order valence-corrected chi connectivity index (χ0v) is 15.2. The minimum atomic E-state index is 0.0252. The zero-order valence-electron chi connectivity index (χ0n) is 14.4. The lowest BCUT2D eigenvalue weighted by Crippen LogP contribution is -2.32. The minimum absolute atomic E-state index is 0.0252. The van der Waals surface area contributed by atoms with Gasteiger partial charge in [-0.05, 0) is 50.2 Å². The Hall–Kier alpha value is -1.66. The Morgan fingerprint density at radius 2 is 2.42 bits per heavy atom. The van der Waals surface area contributed by atoms with Crippen LogP contribution in [0.2, 0.25) is 0 Å². The highest BCUT2D eigenvalue weighted by Gasteiger charge is 2.22. The van der Waals surface area contributed by atoms with Crippen molar-refractivity contribution in [1.29, 1.82) is 0 Å². The molecule has 0 aromatic carbocycles. The summed E-state index contributed by atoms with van der Waals surface area (Å²) in [6.45, 7) is 8.24. The molecule has 6 heteroatoms. The second kappa shape index (κ2) is 7.94. The van der Waals surface area contributed by atoms with E-state index >= 15 is 0 Å². The lowest BCUT2D eigenvalue weighted by molar-refractivity contribution is -0.120. The van der Waals surface area contributed by atoms with Crippen molar-refractivity contribution in [3.63, 3.8) is 0 Å². The summed E-state index contributed by atoms with van der Waals surface area (Å²) >= 11 is 1.61. The molecule has 0 aliphatic carbocycles. The first-order chi connectivity index (χ1) is 11.7. The summed E-state index contributed by atoms with van der Waals surface area (Å²) in [5.74, 6) is 1.92. The molecule has 1 aliphatic heterocycles. The Bertz CT molecular complexity index is 666. The number of hydrogen-bond donors (Lipinski definition) is 1. The third kappa shape index (κ3) is 4.24. The van der Waals surface area contributed by atoms with Crippen LogP contribution in [0.3, 0.4) is 0 Å². The molecule has 3 rings (SSSR count). The molecule has 1 saturated heterocycles. The van der Waals surface area contributed by atoms with Crippen molar-refractivity contribution in [2.45, 2.75) is 33.1 Å². The molecule has 0 spiro atoms.